The molecule has 0 N–H and O–H groups in total. The molecule has 0 fully saturated rings. The van der Waals surface area contributed by atoms with Crippen molar-refractivity contribution >= 4 is 0 Å². The molecule has 170 valence electrons. The molecule has 0 bridgehead atoms. The van der Waals surface area contributed by atoms with Gasteiger partial charge < -0.3 is 14.2 Å². The number of ether oxygens (including phenoxy) is 3. The van der Waals surface area contributed by atoms with Crippen LogP contribution in [0.1, 0.15) is 31.4 Å². The topological polar surface area (TPSA) is 27.7 Å². The van der Waals surface area contributed by atoms with Gasteiger partial charge in [0.15, 0.2) is 6.61 Å². The molecule has 0 radical (unpaired) electrons. The molecule has 0 spiro atoms. The van der Waals surface area contributed by atoms with Crippen molar-refractivity contribution < 1.29 is 27.4 Å². The van der Waals surface area contributed by atoms with Gasteiger partial charge in [-0.1, -0.05) is 56.3 Å². The molecule has 0 aliphatic rings. The molecule has 3 aromatic carbocycles. The number of alkyl halides is 3. The van der Waals surface area contributed by atoms with Crippen molar-refractivity contribution in [1.29, 1.82) is 0 Å². The summed E-state index contributed by atoms with van der Waals surface area (Å²) in [5.41, 5.74) is 1.70. The van der Waals surface area contributed by atoms with Gasteiger partial charge in [0.2, 0.25) is 0 Å². The highest BCUT2D eigenvalue weighted by Crippen LogP contribution is 2.30. The zero-order chi connectivity index (χ0) is 23.0. The van der Waals surface area contributed by atoms with E-state index in [4.69, 9.17) is 14.2 Å². The third kappa shape index (κ3) is 7.02. The summed E-state index contributed by atoms with van der Waals surface area (Å²) in [4.78, 5) is 0. The van der Waals surface area contributed by atoms with Crippen LogP contribution in [0.4, 0.5) is 13.2 Å². The van der Waals surface area contributed by atoms with Crippen molar-refractivity contribution in [2.75, 3.05) is 13.2 Å². The lowest BCUT2D eigenvalue weighted by atomic mass is 9.81. The molecule has 1 unspecified atom stereocenters. The van der Waals surface area contributed by atoms with Crippen LogP contribution in [0.3, 0.4) is 0 Å². The fourth-order valence-electron chi connectivity index (χ4n) is 3.23. The predicted octanol–water partition coefficient (Wildman–Crippen LogP) is 7.30. The molecular formula is C26H27F3O3. The Bertz CT molecular complexity index is 972. The van der Waals surface area contributed by atoms with Crippen LogP contribution in [0.25, 0.3) is 0 Å². The minimum absolute atomic E-state index is 0.195. The summed E-state index contributed by atoms with van der Waals surface area (Å²) in [6.45, 7) is 3.73. The van der Waals surface area contributed by atoms with Gasteiger partial charge in [-0.3, -0.25) is 0 Å². The van der Waals surface area contributed by atoms with E-state index in [1.54, 1.807) is 24.3 Å². The molecule has 3 aromatic rings. The van der Waals surface area contributed by atoms with E-state index in [-0.39, 0.29) is 11.2 Å². The predicted molar refractivity (Wildman–Crippen MR) is 118 cm³/mol. The van der Waals surface area contributed by atoms with E-state index in [9.17, 15) is 13.2 Å². The molecule has 0 aromatic heterocycles. The minimum Gasteiger partial charge on any atom is -0.484 e. The van der Waals surface area contributed by atoms with Crippen LogP contribution >= 0.6 is 0 Å². The van der Waals surface area contributed by atoms with Gasteiger partial charge in [0.1, 0.15) is 17.2 Å². The molecular weight excluding hydrogens is 417 g/mol. The molecule has 0 heterocycles. The Morgan fingerprint density at radius 3 is 2.09 bits per heavy atom. The highest BCUT2D eigenvalue weighted by atomic mass is 19.4. The molecule has 0 aliphatic carbocycles. The average Bonchev–Trinajstić information content (AvgIpc) is 2.78. The van der Waals surface area contributed by atoms with Crippen molar-refractivity contribution in [3.05, 3.63) is 90.0 Å². The van der Waals surface area contributed by atoms with Crippen LogP contribution in [-0.4, -0.2) is 19.4 Å². The summed E-state index contributed by atoms with van der Waals surface area (Å²) >= 11 is 0. The zero-order valence-electron chi connectivity index (χ0n) is 18.2. The Morgan fingerprint density at radius 2 is 1.44 bits per heavy atom. The van der Waals surface area contributed by atoms with Crippen molar-refractivity contribution in [3.8, 4) is 17.2 Å². The molecule has 32 heavy (non-hydrogen) atoms. The molecule has 3 rings (SSSR count). The summed E-state index contributed by atoms with van der Waals surface area (Å²) in [6, 6.07) is 24.1. The summed E-state index contributed by atoms with van der Waals surface area (Å²) in [5, 5.41) is 0. The van der Waals surface area contributed by atoms with Gasteiger partial charge in [0, 0.05) is 5.41 Å². The fourth-order valence-corrected chi connectivity index (χ4v) is 3.23. The SMILES string of the molecule is CCC(C)(COCc1cccc(Oc2ccccc2)c1)c1ccc(OCC(F)(F)F)cc1. The van der Waals surface area contributed by atoms with Gasteiger partial charge in [-0.25, -0.2) is 0 Å². The molecule has 0 aliphatic heterocycles. The van der Waals surface area contributed by atoms with Gasteiger partial charge in [-0.15, -0.1) is 0 Å². The first kappa shape index (κ1) is 23.7. The lowest BCUT2D eigenvalue weighted by Crippen LogP contribution is -2.27. The maximum atomic E-state index is 12.3. The maximum Gasteiger partial charge on any atom is 0.422 e. The van der Waals surface area contributed by atoms with E-state index in [0.29, 0.717) is 13.2 Å². The van der Waals surface area contributed by atoms with Gasteiger partial charge in [0.25, 0.3) is 0 Å². The third-order valence-electron chi connectivity index (χ3n) is 5.30. The second-order valence-electron chi connectivity index (χ2n) is 7.90. The largest absolute Gasteiger partial charge is 0.484 e. The number of hydrogen-bond donors (Lipinski definition) is 0. The summed E-state index contributed by atoms with van der Waals surface area (Å²) in [7, 11) is 0. The molecule has 0 amide bonds. The van der Waals surface area contributed by atoms with Gasteiger partial charge >= 0.3 is 6.18 Å². The lowest BCUT2D eigenvalue weighted by molar-refractivity contribution is -0.153. The molecule has 6 heteroatoms. The Kier molecular flexibility index (Phi) is 7.80. The number of para-hydroxylation sites is 1. The molecule has 1 atom stereocenters. The van der Waals surface area contributed by atoms with Crippen LogP contribution in [-0.2, 0) is 16.8 Å². The second-order valence-corrected chi connectivity index (χ2v) is 7.90. The Balaban J connectivity index is 1.57. The Morgan fingerprint density at radius 1 is 0.750 bits per heavy atom. The van der Waals surface area contributed by atoms with E-state index in [1.807, 2.05) is 54.6 Å². The van der Waals surface area contributed by atoms with Crippen LogP contribution in [0.5, 0.6) is 17.2 Å². The quantitative estimate of drug-likeness (QED) is 0.328. The minimum atomic E-state index is -4.35. The van der Waals surface area contributed by atoms with Gasteiger partial charge in [-0.05, 0) is 53.9 Å². The second kappa shape index (κ2) is 10.6. The van der Waals surface area contributed by atoms with Crippen molar-refractivity contribution in [1.82, 2.24) is 0 Å². The number of benzene rings is 3. The lowest BCUT2D eigenvalue weighted by Gasteiger charge is -2.29. The average molecular weight is 444 g/mol. The highest BCUT2D eigenvalue weighted by molar-refractivity contribution is 5.34. The first-order valence-electron chi connectivity index (χ1n) is 10.5. The fraction of sp³-hybridized carbons (Fsp3) is 0.308. The summed E-state index contributed by atoms with van der Waals surface area (Å²) in [5.74, 6) is 1.71. The van der Waals surface area contributed by atoms with Crippen molar-refractivity contribution in [3.63, 3.8) is 0 Å². The van der Waals surface area contributed by atoms with Crippen LogP contribution in [0.15, 0.2) is 78.9 Å². The van der Waals surface area contributed by atoms with Crippen molar-refractivity contribution in [2.45, 2.75) is 38.5 Å². The summed E-state index contributed by atoms with van der Waals surface area (Å²) in [6.07, 6.45) is -3.54. The monoisotopic (exact) mass is 444 g/mol. The number of halogens is 3. The number of rotatable bonds is 10. The van der Waals surface area contributed by atoms with Gasteiger partial charge in [0.05, 0.1) is 13.2 Å². The molecule has 0 saturated heterocycles. The van der Waals surface area contributed by atoms with Crippen LogP contribution in [0.2, 0.25) is 0 Å². The summed E-state index contributed by atoms with van der Waals surface area (Å²) < 4.78 is 53.7. The first-order valence-corrected chi connectivity index (χ1v) is 10.5. The van der Waals surface area contributed by atoms with Gasteiger partial charge in [-0.2, -0.15) is 13.2 Å². The van der Waals surface area contributed by atoms with E-state index >= 15 is 0 Å². The van der Waals surface area contributed by atoms with E-state index in [0.717, 1.165) is 29.0 Å². The molecule has 3 nitrogen and oxygen atoms in total. The van der Waals surface area contributed by atoms with Crippen LogP contribution < -0.4 is 9.47 Å². The Hall–Kier alpha value is -2.99. The normalized spacial score (nSPS) is 13.4. The highest BCUT2D eigenvalue weighted by Gasteiger charge is 2.29. The standard InChI is InChI=1S/C26H27F3O3/c1-3-25(2,21-12-14-22(15-13-21)31-19-26(27,28)29)18-30-17-20-8-7-11-24(16-20)32-23-9-5-4-6-10-23/h4-16H,3,17-19H2,1-2H3. The smallest absolute Gasteiger partial charge is 0.422 e. The molecule has 0 saturated carbocycles. The van der Waals surface area contributed by atoms with E-state index in [2.05, 4.69) is 13.8 Å². The van der Waals surface area contributed by atoms with Crippen molar-refractivity contribution in [2.24, 2.45) is 0 Å². The maximum absolute atomic E-state index is 12.3. The zero-order valence-corrected chi connectivity index (χ0v) is 18.2. The van der Waals surface area contributed by atoms with E-state index < -0.39 is 12.8 Å². The first-order chi connectivity index (χ1) is 15.3. The van der Waals surface area contributed by atoms with E-state index in [1.165, 1.54) is 0 Å². The number of hydrogen-bond acceptors (Lipinski definition) is 3. The van der Waals surface area contributed by atoms with Crippen LogP contribution in [0, 0.1) is 0 Å². The third-order valence-corrected chi connectivity index (χ3v) is 5.30. The Labute approximate surface area is 186 Å².